The summed E-state index contributed by atoms with van der Waals surface area (Å²) in [6.07, 6.45) is 8.50. The number of carbonyl (C=O) groups is 1. The Bertz CT molecular complexity index is 751. The lowest BCUT2D eigenvalue weighted by atomic mass is 9.94. The zero-order chi connectivity index (χ0) is 16.9. The normalized spacial score (nSPS) is 17.9. The topological polar surface area (TPSA) is 83.9 Å². The highest BCUT2D eigenvalue weighted by atomic mass is 16.2. The fraction of sp³-hybridized carbons (Fsp3) is 0.529. The summed E-state index contributed by atoms with van der Waals surface area (Å²) in [5, 5.41) is 0. The molecule has 0 radical (unpaired) electrons. The van der Waals surface area contributed by atoms with Gasteiger partial charge in [-0.3, -0.25) is 4.79 Å². The number of nitrogens with one attached hydrogen (secondary N) is 1. The molecular weight excluding hydrogens is 306 g/mol. The Balaban J connectivity index is 1.60. The van der Waals surface area contributed by atoms with E-state index >= 15 is 0 Å². The molecule has 1 fully saturated rings. The standard InChI is InChI=1S/C17H23N5O2/c1-2-15-18-8-11-21(15)10-6-16(23)22-9-3-4-13(12-22)14-5-7-19-17(24)20-14/h5,7-8,11,13H,2-4,6,9-10,12H2,1H3,(H,19,20,24)/t13-/m0/s1. The molecule has 24 heavy (non-hydrogen) atoms. The van der Waals surface area contributed by atoms with Gasteiger partial charge in [-0.2, -0.15) is 0 Å². The third kappa shape index (κ3) is 3.72. The van der Waals surface area contributed by atoms with Gasteiger partial charge in [0.15, 0.2) is 0 Å². The van der Waals surface area contributed by atoms with Gasteiger partial charge in [0.05, 0.1) is 0 Å². The lowest BCUT2D eigenvalue weighted by Crippen LogP contribution is -2.40. The van der Waals surface area contributed by atoms with Crippen LogP contribution < -0.4 is 5.69 Å². The molecule has 0 aromatic carbocycles. The minimum Gasteiger partial charge on any atom is -0.342 e. The Morgan fingerprint density at radius 2 is 2.25 bits per heavy atom. The van der Waals surface area contributed by atoms with Crippen molar-refractivity contribution in [2.75, 3.05) is 13.1 Å². The van der Waals surface area contributed by atoms with Crippen LogP contribution >= 0.6 is 0 Å². The van der Waals surface area contributed by atoms with E-state index in [4.69, 9.17) is 0 Å². The van der Waals surface area contributed by atoms with Crippen LogP contribution in [0.25, 0.3) is 0 Å². The van der Waals surface area contributed by atoms with Crippen molar-refractivity contribution >= 4 is 5.91 Å². The third-order valence-electron chi connectivity index (χ3n) is 4.60. The number of carbonyl (C=O) groups excluding carboxylic acids is 1. The average Bonchev–Trinajstić information content (AvgIpc) is 3.07. The van der Waals surface area contributed by atoms with Crippen molar-refractivity contribution < 1.29 is 4.79 Å². The van der Waals surface area contributed by atoms with Crippen LogP contribution in [0.5, 0.6) is 0 Å². The monoisotopic (exact) mass is 329 g/mol. The summed E-state index contributed by atoms with van der Waals surface area (Å²) in [7, 11) is 0. The zero-order valence-corrected chi connectivity index (χ0v) is 13.9. The fourth-order valence-electron chi connectivity index (χ4n) is 3.31. The Morgan fingerprint density at radius 1 is 1.38 bits per heavy atom. The molecule has 0 spiro atoms. The molecule has 1 atom stereocenters. The number of amides is 1. The number of hydrogen-bond acceptors (Lipinski definition) is 4. The molecule has 0 aliphatic carbocycles. The lowest BCUT2D eigenvalue weighted by Gasteiger charge is -2.32. The second-order valence-corrected chi connectivity index (χ2v) is 6.15. The fourth-order valence-corrected chi connectivity index (χ4v) is 3.31. The first kappa shape index (κ1) is 16.4. The molecule has 3 heterocycles. The van der Waals surface area contributed by atoms with Gasteiger partial charge in [-0.05, 0) is 18.9 Å². The molecule has 2 aromatic rings. The van der Waals surface area contributed by atoms with Gasteiger partial charge in [0.2, 0.25) is 5.91 Å². The summed E-state index contributed by atoms with van der Waals surface area (Å²) in [6.45, 7) is 4.17. The zero-order valence-electron chi connectivity index (χ0n) is 13.9. The summed E-state index contributed by atoms with van der Waals surface area (Å²) in [4.78, 5) is 36.6. The summed E-state index contributed by atoms with van der Waals surface area (Å²) in [6, 6.07) is 1.83. The van der Waals surface area contributed by atoms with Crippen LogP contribution in [0.3, 0.4) is 0 Å². The van der Waals surface area contributed by atoms with E-state index in [1.807, 2.05) is 21.7 Å². The summed E-state index contributed by atoms with van der Waals surface area (Å²) in [5.74, 6) is 1.35. The van der Waals surface area contributed by atoms with Crippen LogP contribution in [0.1, 0.15) is 43.6 Å². The molecule has 0 unspecified atom stereocenters. The van der Waals surface area contributed by atoms with Gasteiger partial charge in [-0.1, -0.05) is 6.92 Å². The second kappa shape index (κ2) is 7.42. The molecule has 0 saturated carbocycles. The average molecular weight is 329 g/mol. The van der Waals surface area contributed by atoms with Crippen LogP contribution in [0.15, 0.2) is 29.5 Å². The highest BCUT2D eigenvalue weighted by Crippen LogP contribution is 2.25. The van der Waals surface area contributed by atoms with Crippen molar-refractivity contribution in [1.82, 2.24) is 24.4 Å². The third-order valence-corrected chi connectivity index (χ3v) is 4.60. The first-order valence-electron chi connectivity index (χ1n) is 8.50. The Morgan fingerprint density at radius 3 is 3.04 bits per heavy atom. The van der Waals surface area contributed by atoms with E-state index in [9.17, 15) is 9.59 Å². The molecule has 1 N–H and O–H groups in total. The number of aromatic amines is 1. The molecule has 128 valence electrons. The van der Waals surface area contributed by atoms with Crippen LogP contribution in [0.2, 0.25) is 0 Å². The number of H-pyrrole nitrogens is 1. The van der Waals surface area contributed by atoms with Crippen molar-refractivity contribution in [2.45, 2.75) is 45.1 Å². The number of likely N-dealkylation sites (tertiary alicyclic amines) is 1. The van der Waals surface area contributed by atoms with E-state index in [1.165, 1.54) is 6.20 Å². The van der Waals surface area contributed by atoms with E-state index in [-0.39, 0.29) is 17.5 Å². The molecule has 1 amide bonds. The number of aryl methyl sites for hydroxylation is 2. The molecule has 0 bridgehead atoms. The first-order chi connectivity index (χ1) is 11.7. The molecule has 1 aliphatic rings. The molecule has 1 aliphatic heterocycles. The van der Waals surface area contributed by atoms with Gasteiger partial charge in [0.1, 0.15) is 5.82 Å². The van der Waals surface area contributed by atoms with Gasteiger partial charge in [-0.15, -0.1) is 0 Å². The SMILES string of the molecule is CCc1nccn1CCC(=O)N1CCC[C@H](c2ccnc(=O)[nH]2)C1. The van der Waals surface area contributed by atoms with Gasteiger partial charge < -0.3 is 14.5 Å². The smallest absolute Gasteiger partial charge is 0.342 e. The van der Waals surface area contributed by atoms with E-state index in [0.29, 0.717) is 19.5 Å². The van der Waals surface area contributed by atoms with E-state index in [0.717, 1.165) is 37.3 Å². The maximum atomic E-state index is 12.5. The predicted molar refractivity (Wildman–Crippen MR) is 89.6 cm³/mol. The highest BCUT2D eigenvalue weighted by molar-refractivity contribution is 5.76. The summed E-state index contributed by atoms with van der Waals surface area (Å²) >= 11 is 0. The minimum atomic E-state index is -0.330. The predicted octanol–water partition coefficient (Wildman–Crippen LogP) is 1.33. The summed E-state index contributed by atoms with van der Waals surface area (Å²) in [5.41, 5.74) is 0.540. The van der Waals surface area contributed by atoms with Gasteiger partial charge in [0.25, 0.3) is 0 Å². The Hall–Kier alpha value is -2.44. The molecule has 1 saturated heterocycles. The molecule has 3 rings (SSSR count). The highest BCUT2D eigenvalue weighted by Gasteiger charge is 2.25. The van der Waals surface area contributed by atoms with E-state index in [1.54, 1.807) is 6.20 Å². The number of aromatic nitrogens is 4. The van der Waals surface area contributed by atoms with Crippen molar-refractivity contribution in [2.24, 2.45) is 0 Å². The number of hydrogen-bond donors (Lipinski definition) is 1. The van der Waals surface area contributed by atoms with E-state index in [2.05, 4.69) is 21.9 Å². The molecule has 2 aromatic heterocycles. The van der Waals surface area contributed by atoms with Crippen molar-refractivity contribution in [3.8, 4) is 0 Å². The van der Waals surface area contributed by atoms with Crippen LogP contribution in [0.4, 0.5) is 0 Å². The quantitative estimate of drug-likeness (QED) is 0.897. The number of rotatable bonds is 5. The van der Waals surface area contributed by atoms with Crippen LogP contribution in [-0.4, -0.2) is 43.4 Å². The second-order valence-electron chi connectivity index (χ2n) is 6.15. The van der Waals surface area contributed by atoms with Crippen molar-refractivity contribution in [1.29, 1.82) is 0 Å². The summed E-state index contributed by atoms with van der Waals surface area (Å²) < 4.78 is 2.04. The molecule has 7 nitrogen and oxygen atoms in total. The van der Waals surface area contributed by atoms with Gasteiger partial charge in [-0.25, -0.2) is 14.8 Å². The first-order valence-corrected chi connectivity index (χ1v) is 8.50. The number of piperidine rings is 1. The van der Waals surface area contributed by atoms with Gasteiger partial charge >= 0.3 is 5.69 Å². The van der Waals surface area contributed by atoms with Crippen LogP contribution in [0, 0.1) is 0 Å². The number of nitrogens with zero attached hydrogens (tertiary/aromatic N) is 4. The molecular formula is C17H23N5O2. The van der Waals surface area contributed by atoms with E-state index < -0.39 is 0 Å². The number of imidazole rings is 1. The van der Waals surface area contributed by atoms with Crippen LogP contribution in [-0.2, 0) is 17.8 Å². The van der Waals surface area contributed by atoms with Gasteiger partial charge in [0, 0.05) is 62.7 Å². The largest absolute Gasteiger partial charge is 0.345 e. The maximum absolute atomic E-state index is 12.5. The van der Waals surface area contributed by atoms with Crippen molar-refractivity contribution in [3.05, 3.63) is 46.7 Å². The maximum Gasteiger partial charge on any atom is 0.345 e. The Labute approximate surface area is 140 Å². The van der Waals surface area contributed by atoms with Crippen molar-refractivity contribution in [3.63, 3.8) is 0 Å². The Kier molecular flexibility index (Phi) is 5.08. The lowest BCUT2D eigenvalue weighted by molar-refractivity contribution is -0.132. The minimum absolute atomic E-state index is 0.159. The molecule has 7 heteroatoms.